The van der Waals surface area contributed by atoms with Crippen molar-refractivity contribution < 1.29 is 9.13 Å². The normalized spacial score (nSPS) is 14.0. The minimum absolute atomic E-state index is 0.226. The van der Waals surface area contributed by atoms with Crippen molar-refractivity contribution in [2.45, 2.75) is 0 Å². The van der Waals surface area contributed by atoms with Crippen molar-refractivity contribution in [1.29, 1.82) is 0 Å². The maximum absolute atomic E-state index is 13.2. The van der Waals surface area contributed by atoms with E-state index in [0.717, 1.165) is 37.6 Å². The van der Waals surface area contributed by atoms with Gasteiger partial charge in [-0.3, -0.25) is 0 Å². The van der Waals surface area contributed by atoms with E-state index in [-0.39, 0.29) is 5.82 Å². The number of hydrogen-bond acceptors (Lipinski definition) is 7. The van der Waals surface area contributed by atoms with Gasteiger partial charge >= 0.3 is 0 Å². The molecule has 4 rings (SSSR count). The van der Waals surface area contributed by atoms with Gasteiger partial charge in [-0.15, -0.1) is 0 Å². The number of rotatable bonds is 5. The van der Waals surface area contributed by atoms with Gasteiger partial charge in [-0.2, -0.15) is 0 Å². The van der Waals surface area contributed by atoms with Crippen LogP contribution in [0.4, 0.5) is 33.1 Å². The zero-order chi connectivity index (χ0) is 20.2. The Balaban J connectivity index is 1.48. The molecular formula is C21H23FN6O. The number of anilines is 5. The number of nitrogens with two attached hydrogens (primary N) is 1. The van der Waals surface area contributed by atoms with Crippen LogP contribution >= 0.6 is 0 Å². The third-order valence-corrected chi connectivity index (χ3v) is 4.99. The Kier molecular flexibility index (Phi) is 5.33. The molecule has 0 amide bonds. The van der Waals surface area contributed by atoms with E-state index in [1.54, 1.807) is 19.2 Å². The van der Waals surface area contributed by atoms with Crippen LogP contribution in [0.2, 0.25) is 0 Å². The molecule has 0 bridgehead atoms. The van der Waals surface area contributed by atoms with Crippen molar-refractivity contribution in [2.24, 2.45) is 0 Å². The first-order valence-electron chi connectivity index (χ1n) is 9.41. The summed E-state index contributed by atoms with van der Waals surface area (Å²) in [5, 5.41) is 3.24. The predicted molar refractivity (Wildman–Crippen MR) is 114 cm³/mol. The van der Waals surface area contributed by atoms with Crippen LogP contribution in [-0.4, -0.2) is 43.3 Å². The molecule has 150 valence electrons. The fraction of sp³-hybridized carbons (Fsp3) is 0.238. The maximum atomic E-state index is 13.2. The molecular weight excluding hydrogens is 371 g/mol. The summed E-state index contributed by atoms with van der Waals surface area (Å²) in [6, 6.07) is 14.2. The molecule has 0 spiro atoms. The van der Waals surface area contributed by atoms with E-state index in [0.29, 0.717) is 23.1 Å². The lowest BCUT2D eigenvalue weighted by Crippen LogP contribution is -2.47. The molecule has 1 aliphatic rings. The molecule has 2 aromatic carbocycles. The third-order valence-electron chi connectivity index (χ3n) is 4.99. The summed E-state index contributed by atoms with van der Waals surface area (Å²) in [6.45, 7) is 3.11. The van der Waals surface area contributed by atoms with Gasteiger partial charge in [0, 0.05) is 31.9 Å². The fourth-order valence-corrected chi connectivity index (χ4v) is 3.44. The smallest absolute Gasteiger partial charge is 0.159 e. The van der Waals surface area contributed by atoms with E-state index in [1.165, 1.54) is 18.5 Å². The van der Waals surface area contributed by atoms with E-state index in [2.05, 4.69) is 25.1 Å². The Morgan fingerprint density at radius 3 is 2.38 bits per heavy atom. The average Bonchev–Trinajstić information content (AvgIpc) is 2.76. The molecule has 1 fully saturated rings. The highest BCUT2D eigenvalue weighted by molar-refractivity contribution is 5.79. The molecule has 2 heterocycles. The monoisotopic (exact) mass is 394 g/mol. The van der Waals surface area contributed by atoms with Gasteiger partial charge in [0.15, 0.2) is 11.6 Å². The zero-order valence-electron chi connectivity index (χ0n) is 16.2. The lowest BCUT2D eigenvalue weighted by molar-refractivity contribution is 0.417. The minimum atomic E-state index is -0.226. The number of methoxy groups -OCH3 is 1. The molecule has 7 nitrogen and oxygen atoms in total. The average molecular weight is 394 g/mol. The van der Waals surface area contributed by atoms with Gasteiger partial charge in [0.2, 0.25) is 0 Å². The molecule has 29 heavy (non-hydrogen) atoms. The van der Waals surface area contributed by atoms with Crippen LogP contribution in [0.3, 0.4) is 0 Å². The highest BCUT2D eigenvalue weighted by atomic mass is 19.1. The summed E-state index contributed by atoms with van der Waals surface area (Å²) >= 11 is 0. The number of halogens is 1. The minimum Gasteiger partial charge on any atom is -0.495 e. The van der Waals surface area contributed by atoms with Crippen molar-refractivity contribution in [1.82, 2.24) is 9.97 Å². The van der Waals surface area contributed by atoms with E-state index in [9.17, 15) is 4.39 Å². The molecule has 0 unspecified atom stereocenters. The highest BCUT2D eigenvalue weighted by Gasteiger charge is 2.22. The van der Waals surface area contributed by atoms with Crippen molar-refractivity contribution in [2.75, 3.05) is 54.1 Å². The number of para-hydroxylation sites is 2. The largest absolute Gasteiger partial charge is 0.495 e. The SMILES string of the molecule is COc1ccccc1Nc1ncnc(N2CCN(c3ccc(F)cc3)CC2)c1N. The van der Waals surface area contributed by atoms with Gasteiger partial charge < -0.3 is 25.6 Å². The van der Waals surface area contributed by atoms with E-state index >= 15 is 0 Å². The predicted octanol–water partition coefficient (Wildman–Crippen LogP) is 3.28. The summed E-state index contributed by atoms with van der Waals surface area (Å²) in [5.74, 6) is 1.73. The van der Waals surface area contributed by atoms with Crippen molar-refractivity contribution in [3.8, 4) is 5.75 Å². The summed E-state index contributed by atoms with van der Waals surface area (Å²) < 4.78 is 18.5. The number of benzene rings is 2. The quantitative estimate of drug-likeness (QED) is 0.687. The molecule has 3 aromatic rings. The number of ether oxygens (including phenoxy) is 1. The van der Waals surface area contributed by atoms with Crippen LogP contribution in [0, 0.1) is 5.82 Å². The molecule has 1 aliphatic heterocycles. The van der Waals surface area contributed by atoms with E-state index < -0.39 is 0 Å². The number of piperazine rings is 1. The second-order valence-electron chi connectivity index (χ2n) is 6.74. The number of nitrogens with one attached hydrogen (secondary N) is 1. The number of hydrogen-bond donors (Lipinski definition) is 2. The van der Waals surface area contributed by atoms with Crippen LogP contribution in [0.5, 0.6) is 5.75 Å². The molecule has 8 heteroatoms. The maximum Gasteiger partial charge on any atom is 0.159 e. The van der Waals surface area contributed by atoms with Gasteiger partial charge in [-0.1, -0.05) is 12.1 Å². The second kappa shape index (κ2) is 8.22. The lowest BCUT2D eigenvalue weighted by Gasteiger charge is -2.37. The van der Waals surface area contributed by atoms with Gasteiger partial charge in [-0.05, 0) is 36.4 Å². The van der Waals surface area contributed by atoms with Crippen LogP contribution in [0.1, 0.15) is 0 Å². The zero-order valence-corrected chi connectivity index (χ0v) is 16.2. The molecule has 1 aromatic heterocycles. The number of nitrogen functional groups attached to an aromatic ring is 1. The van der Waals surface area contributed by atoms with Crippen LogP contribution in [0.25, 0.3) is 0 Å². The Labute approximate surface area is 168 Å². The topological polar surface area (TPSA) is 79.5 Å². The van der Waals surface area contributed by atoms with Crippen molar-refractivity contribution in [3.05, 3.63) is 60.7 Å². The van der Waals surface area contributed by atoms with Crippen LogP contribution in [-0.2, 0) is 0 Å². The van der Waals surface area contributed by atoms with Crippen molar-refractivity contribution in [3.63, 3.8) is 0 Å². The molecule has 0 saturated carbocycles. The number of aromatic nitrogens is 2. The van der Waals surface area contributed by atoms with E-state index in [4.69, 9.17) is 10.5 Å². The van der Waals surface area contributed by atoms with Crippen LogP contribution in [0.15, 0.2) is 54.9 Å². The Hall–Kier alpha value is -3.55. The summed E-state index contributed by atoms with van der Waals surface area (Å²) in [5.41, 5.74) is 8.68. The highest BCUT2D eigenvalue weighted by Crippen LogP contribution is 2.32. The fourth-order valence-electron chi connectivity index (χ4n) is 3.44. The Morgan fingerprint density at radius 1 is 0.966 bits per heavy atom. The number of nitrogens with zero attached hydrogens (tertiary/aromatic N) is 4. The standard InChI is InChI=1S/C21H23FN6O/c1-29-18-5-3-2-4-17(18)26-20-19(23)21(25-14-24-20)28-12-10-27(11-13-28)16-8-6-15(22)7-9-16/h2-9,14H,10-13,23H2,1H3,(H,24,25,26). The first-order valence-corrected chi connectivity index (χ1v) is 9.41. The van der Waals surface area contributed by atoms with Gasteiger partial charge in [0.1, 0.15) is 23.6 Å². The molecule has 0 atom stereocenters. The molecule has 0 aliphatic carbocycles. The van der Waals surface area contributed by atoms with Crippen LogP contribution < -0.4 is 25.6 Å². The molecule has 0 radical (unpaired) electrons. The first kappa shape index (κ1) is 18.8. The van der Waals surface area contributed by atoms with Crippen molar-refractivity contribution >= 4 is 28.7 Å². The summed E-state index contributed by atoms with van der Waals surface area (Å²) in [7, 11) is 1.62. The first-order chi connectivity index (χ1) is 14.2. The third kappa shape index (κ3) is 4.01. The molecule has 1 saturated heterocycles. The Morgan fingerprint density at radius 2 is 1.66 bits per heavy atom. The second-order valence-corrected chi connectivity index (χ2v) is 6.74. The van der Waals surface area contributed by atoms with E-state index in [1.807, 2.05) is 24.3 Å². The Bertz CT molecular complexity index is 973. The van der Waals surface area contributed by atoms with Gasteiger partial charge in [0.05, 0.1) is 12.8 Å². The van der Waals surface area contributed by atoms with Gasteiger partial charge in [0.25, 0.3) is 0 Å². The van der Waals surface area contributed by atoms with Gasteiger partial charge in [-0.25, -0.2) is 14.4 Å². The lowest BCUT2D eigenvalue weighted by atomic mass is 10.2. The summed E-state index contributed by atoms with van der Waals surface area (Å²) in [4.78, 5) is 13.1. The summed E-state index contributed by atoms with van der Waals surface area (Å²) in [6.07, 6.45) is 1.51. The molecule has 3 N–H and O–H groups in total.